The highest BCUT2D eigenvalue weighted by Crippen LogP contribution is 2.28. The molecule has 0 atom stereocenters. The number of halogens is 1. The first-order valence-corrected chi connectivity index (χ1v) is 8.89. The molecule has 1 aromatic rings. The molecule has 0 heterocycles. The third-order valence-corrected chi connectivity index (χ3v) is 5.88. The van der Waals surface area contributed by atoms with Gasteiger partial charge in [-0.3, -0.25) is 0 Å². The number of nitrogens with one attached hydrogen (secondary N) is 1. The van der Waals surface area contributed by atoms with Gasteiger partial charge in [-0.05, 0) is 56.2 Å². The number of sulfonamides is 1. The van der Waals surface area contributed by atoms with Crippen LogP contribution in [0.15, 0.2) is 17.0 Å². The van der Waals surface area contributed by atoms with Crippen molar-refractivity contribution < 1.29 is 13.5 Å². The molecule has 1 saturated carbocycles. The first-order valence-electron chi connectivity index (χ1n) is 7.03. The molecule has 0 aliphatic heterocycles. The lowest BCUT2D eigenvalue weighted by atomic mass is 9.88. The summed E-state index contributed by atoms with van der Waals surface area (Å²) >= 11 is 6.02. The zero-order valence-corrected chi connectivity index (χ0v) is 13.5. The lowest BCUT2D eigenvalue weighted by Gasteiger charge is -2.25. The number of anilines is 1. The first-order chi connectivity index (χ1) is 9.79. The second-order valence-corrected chi connectivity index (χ2v) is 7.81. The topological polar surface area (TPSA) is 92.4 Å². The molecule has 21 heavy (non-hydrogen) atoms. The van der Waals surface area contributed by atoms with Crippen molar-refractivity contribution in [3.8, 4) is 0 Å². The van der Waals surface area contributed by atoms with Gasteiger partial charge in [0.2, 0.25) is 10.0 Å². The summed E-state index contributed by atoms with van der Waals surface area (Å²) in [5.74, 6) is 0.254. The van der Waals surface area contributed by atoms with Crippen molar-refractivity contribution in [3.63, 3.8) is 0 Å². The Morgan fingerprint density at radius 2 is 1.95 bits per heavy atom. The summed E-state index contributed by atoms with van der Waals surface area (Å²) < 4.78 is 27.2. The van der Waals surface area contributed by atoms with Gasteiger partial charge < -0.3 is 10.8 Å². The minimum absolute atomic E-state index is 0.0168. The minimum Gasteiger partial charge on any atom is -0.398 e. The zero-order chi connectivity index (χ0) is 15.6. The quantitative estimate of drug-likeness (QED) is 0.736. The van der Waals surface area contributed by atoms with E-state index in [1.54, 1.807) is 13.0 Å². The molecule has 0 saturated heterocycles. The van der Waals surface area contributed by atoms with Gasteiger partial charge in [0, 0.05) is 12.2 Å². The highest BCUT2D eigenvalue weighted by molar-refractivity contribution is 7.89. The van der Waals surface area contributed by atoms with Crippen LogP contribution in [-0.4, -0.2) is 26.2 Å². The Hall–Kier alpha value is -0.820. The van der Waals surface area contributed by atoms with Gasteiger partial charge in [0.05, 0.1) is 11.1 Å². The van der Waals surface area contributed by atoms with E-state index in [-0.39, 0.29) is 21.9 Å². The van der Waals surface area contributed by atoms with Gasteiger partial charge in [0.1, 0.15) is 4.90 Å². The average molecular weight is 333 g/mol. The third kappa shape index (κ3) is 4.10. The number of hydrogen-bond donors (Lipinski definition) is 3. The van der Waals surface area contributed by atoms with Crippen LogP contribution in [0.2, 0.25) is 5.02 Å². The number of nitrogens with two attached hydrogens (primary N) is 1. The van der Waals surface area contributed by atoms with Gasteiger partial charge in [0.25, 0.3) is 0 Å². The molecule has 4 N–H and O–H groups in total. The molecule has 1 aliphatic carbocycles. The van der Waals surface area contributed by atoms with E-state index in [9.17, 15) is 13.5 Å². The maximum absolute atomic E-state index is 12.3. The number of aliphatic hydroxyl groups is 1. The molecule has 1 aliphatic rings. The summed E-state index contributed by atoms with van der Waals surface area (Å²) in [5, 5.41) is 9.63. The first kappa shape index (κ1) is 16.5. The fourth-order valence-corrected chi connectivity index (χ4v) is 4.26. The summed E-state index contributed by atoms with van der Waals surface area (Å²) in [6.07, 6.45) is 2.86. The van der Waals surface area contributed by atoms with Crippen molar-refractivity contribution in [1.82, 2.24) is 4.72 Å². The maximum Gasteiger partial charge on any atom is 0.242 e. The molecule has 0 radical (unpaired) electrons. The normalized spacial score (nSPS) is 23.2. The van der Waals surface area contributed by atoms with Gasteiger partial charge in [0.15, 0.2) is 0 Å². The molecule has 1 fully saturated rings. The standard InChI is InChI=1S/C14H21ClN2O3S/c1-9-6-12(15)14(7-13(9)16)21(19,20)17-8-10-2-4-11(18)5-3-10/h6-7,10-11,17-18H,2-5,8,16H2,1H3. The van der Waals surface area contributed by atoms with Crippen LogP contribution < -0.4 is 10.5 Å². The number of aliphatic hydroxyl groups excluding tert-OH is 1. The van der Waals surface area contributed by atoms with Gasteiger partial charge in [-0.1, -0.05) is 11.6 Å². The van der Waals surface area contributed by atoms with Crippen LogP contribution in [0.1, 0.15) is 31.2 Å². The summed E-state index contributed by atoms with van der Waals surface area (Å²) in [4.78, 5) is 0.0168. The molecule has 0 amide bonds. The summed E-state index contributed by atoms with van der Waals surface area (Å²) in [6.45, 7) is 2.14. The number of benzene rings is 1. The lowest BCUT2D eigenvalue weighted by Crippen LogP contribution is -2.32. The SMILES string of the molecule is Cc1cc(Cl)c(S(=O)(=O)NCC2CCC(O)CC2)cc1N. The Morgan fingerprint density at radius 1 is 1.33 bits per heavy atom. The molecule has 5 nitrogen and oxygen atoms in total. The highest BCUT2D eigenvalue weighted by atomic mass is 35.5. The largest absolute Gasteiger partial charge is 0.398 e. The minimum atomic E-state index is -3.67. The lowest BCUT2D eigenvalue weighted by molar-refractivity contribution is 0.109. The van der Waals surface area contributed by atoms with E-state index in [1.165, 1.54) is 6.07 Å². The van der Waals surface area contributed by atoms with Crippen LogP contribution in [-0.2, 0) is 10.0 Å². The average Bonchev–Trinajstić information content (AvgIpc) is 2.42. The number of rotatable bonds is 4. The Morgan fingerprint density at radius 3 is 2.57 bits per heavy atom. The predicted molar refractivity (Wildman–Crippen MR) is 83.8 cm³/mol. The summed E-state index contributed by atoms with van der Waals surface area (Å²) in [5.41, 5.74) is 6.92. The van der Waals surface area contributed by atoms with Gasteiger partial charge in [-0.2, -0.15) is 0 Å². The molecule has 1 aromatic carbocycles. The van der Waals surface area contributed by atoms with Crippen molar-refractivity contribution in [2.24, 2.45) is 5.92 Å². The van der Waals surface area contributed by atoms with Crippen LogP contribution in [0.4, 0.5) is 5.69 Å². The van der Waals surface area contributed by atoms with Crippen LogP contribution in [0.25, 0.3) is 0 Å². The van der Waals surface area contributed by atoms with E-state index in [1.807, 2.05) is 0 Å². The highest BCUT2D eigenvalue weighted by Gasteiger charge is 2.23. The van der Waals surface area contributed by atoms with Crippen molar-refractivity contribution in [3.05, 3.63) is 22.7 Å². The predicted octanol–water partition coefficient (Wildman–Crippen LogP) is 2.06. The fraction of sp³-hybridized carbons (Fsp3) is 0.571. The van der Waals surface area contributed by atoms with E-state index in [0.717, 1.165) is 31.2 Å². The van der Waals surface area contributed by atoms with Gasteiger partial charge in [-0.15, -0.1) is 0 Å². The number of nitrogen functional groups attached to an aromatic ring is 1. The number of aryl methyl sites for hydroxylation is 1. The smallest absolute Gasteiger partial charge is 0.242 e. The Balaban J connectivity index is 2.07. The molecule has 0 spiro atoms. The van der Waals surface area contributed by atoms with Crippen molar-refractivity contribution in [2.75, 3.05) is 12.3 Å². The zero-order valence-electron chi connectivity index (χ0n) is 12.0. The molecular weight excluding hydrogens is 312 g/mol. The summed E-state index contributed by atoms with van der Waals surface area (Å²) in [7, 11) is -3.67. The molecule has 2 rings (SSSR count). The van der Waals surface area contributed by atoms with Crippen molar-refractivity contribution in [2.45, 2.75) is 43.6 Å². The molecule has 7 heteroatoms. The fourth-order valence-electron chi connectivity index (χ4n) is 2.53. The Bertz CT molecular complexity index is 611. The maximum atomic E-state index is 12.3. The monoisotopic (exact) mass is 332 g/mol. The van der Waals surface area contributed by atoms with E-state index in [0.29, 0.717) is 12.2 Å². The third-order valence-electron chi connectivity index (χ3n) is 3.99. The van der Waals surface area contributed by atoms with Crippen molar-refractivity contribution in [1.29, 1.82) is 0 Å². The molecule has 0 bridgehead atoms. The van der Waals surface area contributed by atoms with E-state index in [2.05, 4.69) is 4.72 Å². The summed E-state index contributed by atoms with van der Waals surface area (Å²) in [6, 6.07) is 2.95. The van der Waals surface area contributed by atoms with Crippen molar-refractivity contribution >= 4 is 27.3 Å². The molecule has 0 aromatic heterocycles. The second-order valence-electron chi connectivity index (χ2n) is 5.67. The van der Waals surface area contributed by atoms with Crippen LogP contribution >= 0.6 is 11.6 Å². The van der Waals surface area contributed by atoms with E-state index < -0.39 is 10.0 Å². The van der Waals surface area contributed by atoms with Crippen LogP contribution in [0.5, 0.6) is 0 Å². The Kier molecular flexibility index (Phi) is 5.14. The van der Waals surface area contributed by atoms with E-state index >= 15 is 0 Å². The van der Waals surface area contributed by atoms with Gasteiger partial charge >= 0.3 is 0 Å². The molecule has 118 valence electrons. The molecule has 0 unspecified atom stereocenters. The van der Waals surface area contributed by atoms with Gasteiger partial charge in [-0.25, -0.2) is 13.1 Å². The van der Waals surface area contributed by atoms with Crippen LogP contribution in [0.3, 0.4) is 0 Å². The number of hydrogen-bond acceptors (Lipinski definition) is 4. The van der Waals surface area contributed by atoms with E-state index in [4.69, 9.17) is 17.3 Å². The Labute approximate surface area is 130 Å². The van der Waals surface area contributed by atoms with Crippen LogP contribution in [0, 0.1) is 12.8 Å². The molecular formula is C14H21ClN2O3S. The second kappa shape index (κ2) is 6.52.